The number of hydrogen-bond donors (Lipinski definition) is 0. The molecule has 1 heterocycles. The highest BCUT2D eigenvalue weighted by atomic mass is 16.5. The zero-order chi connectivity index (χ0) is 22.5. The summed E-state index contributed by atoms with van der Waals surface area (Å²) in [6, 6.07) is 14.9. The monoisotopic (exact) mass is 416 g/mol. The first-order valence-electron chi connectivity index (χ1n) is 9.95. The Bertz CT molecular complexity index is 1120. The molecule has 0 aromatic heterocycles. The lowest BCUT2D eigenvalue weighted by atomic mass is 9.93. The van der Waals surface area contributed by atoms with E-state index in [2.05, 4.69) is 0 Å². The molecule has 0 aliphatic carbocycles. The first-order chi connectivity index (χ1) is 14.9. The lowest BCUT2D eigenvalue weighted by Crippen LogP contribution is -2.42. The van der Waals surface area contributed by atoms with E-state index < -0.39 is 11.8 Å². The zero-order valence-corrected chi connectivity index (χ0v) is 18.1. The number of rotatable bonds is 6. The summed E-state index contributed by atoms with van der Waals surface area (Å²) >= 11 is 0. The third-order valence-electron chi connectivity index (χ3n) is 5.09. The van der Waals surface area contributed by atoms with Gasteiger partial charge in [-0.3, -0.25) is 14.5 Å². The van der Waals surface area contributed by atoms with Gasteiger partial charge in [0.1, 0.15) is 11.6 Å². The van der Waals surface area contributed by atoms with Gasteiger partial charge in [0, 0.05) is 5.57 Å². The van der Waals surface area contributed by atoms with Crippen LogP contribution in [0.25, 0.3) is 6.08 Å². The summed E-state index contributed by atoms with van der Waals surface area (Å²) in [4.78, 5) is 27.2. The summed E-state index contributed by atoms with van der Waals surface area (Å²) < 4.78 is 10.9. The Kier molecular flexibility index (Phi) is 6.56. The second-order valence-corrected chi connectivity index (χ2v) is 7.20. The summed E-state index contributed by atoms with van der Waals surface area (Å²) in [6.07, 6.45) is 1.67. The largest absolute Gasteiger partial charge is 0.493 e. The van der Waals surface area contributed by atoms with Crippen LogP contribution in [0.5, 0.6) is 11.5 Å². The second-order valence-electron chi connectivity index (χ2n) is 7.20. The number of ether oxygens (including phenoxy) is 2. The molecule has 0 saturated heterocycles. The lowest BCUT2D eigenvalue weighted by molar-refractivity contribution is -0.141. The van der Waals surface area contributed by atoms with Crippen LogP contribution in [-0.4, -0.2) is 30.4 Å². The van der Waals surface area contributed by atoms with Crippen LogP contribution in [0.2, 0.25) is 0 Å². The topological polar surface area (TPSA) is 79.6 Å². The van der Waals surface area contributed by atoms with Crippen LogP contribution in [0, 0.1) is 18.3 Å². The Morgan fingerprint density at radius 2 is 1.74 bits per heavy atom. The van der Waals surface area contributed by atoms with E-state index in [1.165, 1.54) is 0 Å². The van der Waals surface area contributed by atoms with Gasteiger partial charge in [-0.2, -0.15) is 5.26 Å². The molecule has 0 saturated carbocycles. The molecule has 6 heteroatoms. The fraction of sp³-hybridized carbons (Fsp3) is 0.240. The van der Waals surface area contributed by atoms with Gasteiger partial charge in [-0.25, -0.2) is 0 Å². The first-order valence-corrected chi connectivity index (χ1v) is 9.95. The van der Waals surface area contributed by atoms with Gasteiger partial charge in [-0.1, -0.05) is 35.9 Å². The maximum Gasteiger partial charge on any atom is 0.271 e. The molecule has 3 rings (SSSR count). The van der Waals surface area contributed by atoms with Crippen molar-refractivity contribution < 1.29 is 19.1 Å². The molecule has 2 aromatic carbocycles. The molecule has 1 aliphatic heterocycles. The molecule has 31 heavy (non-hydrogen) atoms. The van der Waals surface area contributed by atoms with Gasteiger partial charge >= 0.3 is 0 Å². The number of methoxy groups -OCH3 is 1. The minimum Gasteiger partial charge on any atom is -0.493 e. The third kappa shape index (κ3) is 4.51. The molecule has 0 atom stereocenters. The first kappa shape index (κ1) is 21.8. The van der Waals surface area contributed by atoms with E-state index in [-0.39, 0.29) is 12.1 Å². The van der Waals surface area contributed by atoms with Crippen LogP contribution >= 0.6 is 0 Å². The van der Waals surface area contributed by atoms with E-state index in [1.807, 2.05) is 44.2 Å². The Hall–Kier alpha value is -3.85. The van der Waals surface area contributed by atoms with E-state index in [4.69, 9.17) is 9.47 Å². The number of nitrogens with zero attached hydrogens (tertiary/aromatic N) is 2. The second kappa shape index (κ2) is 9.31. The predicted molar refractivity (Wildman–Crippen MR) is 117 cm³/mol. The number of aryl methyl sites for hydroxylation is 1. The van der Waals surface area contributed by atoms with Gasteiger partial charge in [-0.15, -0.1) is 0 Å². The van der Waals surface area contributed by atoms with Crippen molar-refractivity contribution in [3.05, 3.63) is 75.9 Å². The maximum atomic E-state index is 13.2. The Balaban J connectivity index is 2.03. The van der Waals surface area contributed by atoms with Gasteiger partial charge in [0.25, 0.3) is 11.8 Å². The van der Waals surface area contributed by atoms with Crippen LogP contribution in [0.4, 0.5) is 0 Å². The number of carbonyl (C=O) groups excluding carboxylic acids is 2. The highest BCUT2D eigenvalue weighted by Gasteiger charge is 2.35. The number of carbonyl (C=O) groups is 2. The molecule has 1 aliphatic rings. The van der Waals surface area contributed by atoms with Crippen molar-refractivity contribution in [2.75, 3.05) is 13.7 Å². The van der Waals surface area contributed by atoms with Gasteiger partial charge in [-0.05, 0) is 55.7 Å². The Morgan fingerprint density at radius 3 is 2.35 bits per heavy atom. The molecule has 158 valence electrons. The molecule has 0 unspecified atom stereocenters. The maximum absolute atomic E-state index is 13.2. The molecule has 2 aromatic rings. The number of benzene rings is 2. The van der Waals surface area contributed by atoms with Gasteiger partial charge < -0.3 is 9.47 Å². The Labute approximate surface area is 182 Å². The summed E-state index contributed by atoms with van der Waals surface area (Å²) in [7, 11) is 1.54. The lowest BCUT2D eigenvalue weighted by Gasteiger charge is -2.27. The number of imide groups is 1. The zero-order valence-electron chi connectivity index (χ0n) is 18.1. The van der Waals surface area contributed by atoms with Crippen molar-refractivity contribution >= 4 is 17.9 Å². The fourth-order valence-corrected chi connectivity index (χ4v) is 3.36. The van der Waals surface area contributed by atoms with Crippen LogP contribution in [0.3, 0.4) is 0 Å². The van der Waals surface area contributed by atoms with Crippen LogP contribution < -0.4 is 9.47 Å². The Morgan fingerprint density at radius 1 is 1.03 bits per heavy atom. The molecule has 0 spiro atoms. The third-order valence-corrected chi connectivity index (χ3v) is 5.09. The van der Waals surface area contributed by atoms with Crippen molar-refractivity contribution in [1.82, 2.24) is 4.90 Å². The van der Waals surface area contributed by atoms with E-state index in [1.54, 1.807) is 38.3 Å². The molecule has 0 bridgehead atoms. The molecule has 0 fully saturated rings. The van der Waals surface area contributed by atoms with Crippen molar-refractivity contribution in [2.24, 2.45) is 0 Å². The smallest absolute Gasteiger partial charge is 0.271 e. The molecular formula is C25H24N2O4. The minimum atomic E-state index is -0.577. The fourth-order valence-electron chi connectivity index (χ4n) is 3.36. The number of amides is 2. The summed E-state index contributed by atoms with van der Waals surface area (Å²) in [5.74, 6) is 0.124. The standard InChI is InChI=1S/C25H24N2O4/c1-5-31-22-11-10-19(13-23(22)30-4)12-20-17(3)21(14-26)25(29)27(24(20)28)15-18-8-6-16(2)7-9-18/h6-13H,5,15H2,1-4H3/b20-12+. The minimum absolute atomic E-state index is 0.0316. The van der Waals surface area contributed by atoms with E-state index in [0.29, 0.717) is 34.8 Å². The predicted octanol–water partition coefficient (Wildman–Crippen LogP) is 4.19. The molecular weight excluding hydrogens is 392 g/mol. The molecule has 0 N–H and O–H groups in total. The number of hydrogen-bond acceptors (Lipinski definition) is 5. The SMILES string of the molecule is CCOc1ccc(/C=C2/C(=O)N(Cc3ccc(C)cc3)C(=O)C(C#N)=C2C)cc1OC. The van der Waals surface area contributed by atoms with Crippen LogP contribution in [0.1, 0.15) is 30.5 Å². The van der Waals surface area contributed by atoms with E-state index in [9.17, 15) is 14.9 Å². The molecule has 2 amide bonds. The quantitative estimate of drug-likeness (QED) is 0.521. The highest BCUT2D eigenvalue weighted by Crippen LogP contribution is 2.32. The summed E-state index contributed by atoms with van der Waals surface area (Å²) in [5.41, 5.74) is 3.23. The summed E-state index contributed by atoms with van der Waals surface area (Å²) in [6.45, 7) is 6.06. The average Bonchev–Trinajstić information content (AvgIpc) is 2.77. The van der Waals surface area contributed by atoms with Crippen molar-refractivity contribution in [3.8, 4) is 17.6 Å². The van der Waals surface area contributed by atoms with Crippen molar-refractivity contribution in [1.29, 1.82) is 5.26 Å². The average molecular weight is 416 g/mol. The molecule has 6 nitrogen and oxygen atoms in total. The summed E-state index contributed by atoms with van der Waals surface area (Å²) in [5, 5.41) is 9.57. The van der Waals surface area contributed by atoms with Gasteiger partial charge in [0.05, 0.1) is 20.3 Å². The van der Waals surface area contributed by atoms with Crippen molar-refractivity contribution in [3.63, 3.8) is 0 Å². The highest BCUT2D eigenvalue weighted by molar-refractivity contribution is 6.19. The van der Waals surface area contributed by atoms with Gasteiger partial charge in [0.15, 0.2) is 11.5 Å². The van der Waals surface area contributed by atoms with E-state index in [0.717, 1.165) is 16.0 Å². The normalized spacial score (nSPS) is 15.3. The van der Waals surface area contributed by atoms with Crippen molar-refractivity contribution in [2.45, 2.75) is 27.3 Å². The van der Waals surface area contributed by atoms with Crippen LogP contribution in [-0.2, 0) is 16.1 Å². The van der Waals surface area contributed by atoms with E-state index >= 15 is 0 Å². The molecule has 0 radical (unpaired) electrons. The number of nitriles is 1. The van der Waals surface area contributed by atoms with Crippen LogP contribution in [0.15, 0.2) is 59.2 Å². The van der Waals surface area contributed by atoms with Gasteiger partial charge in [0.2, 0.25) is 0 Å².